The van der Waals surface area contributed by atoms with Gasteiger partial charge in [-0.1, -0.05) is 60.7 Å². The van der Waals surface area contributed by atoms with Gasteiger partial charge in [-0.15, -0.1) is 0 Å². The van der Waals surface area contributed by atoms with Crippen molar-refractivity contribution in [2.75, 3.05) is 23.8 Å². The Balaban J connectivity index is 1.56. The Morgan fingerprint density at radius 2 is 1.66 bits per heavy atom. The minimum absolute atomic E-state index is 0.00245. The maximum Gasteiger partial charge on any atom is 0.244 e. The van der Waals surface area contributed by atoms with Crippen LogP contribution in [0.4, 0.5) is 0 Å². The summed E-state index contributed by atoms with van der Waals surface area (Å²) in [5, 5.41) is 11.9. The number of thioether (sulfide) groups is 2. The average Bonchev–Trinajstić information content (AvgIpc) is 3.45. The molecule has 0 saturated carbocycles. The summed E-state index contributed by atoms with van der Waals surface area (Å²) in [6.45, 7) is 4.46. The molecule has 2 aromatic rings. The standard InChI is InChI=1S/C30H39N5O4S2/c1-30(2)25(26(31)36)35-27(37)22(17-19-9-5-3-6-10-19)33-28(38)23(18-40-15-16-41-30)34-29(39)24-21(13-14-32-24)20-11-7-4-8-12-20/h3-12,21-25,32H,13-18H2,1-2H3,(H2,31,36)(H,33,38)(H,34,39)(H,35,37)/t21-,22-,23?,24+,25-/m0/s1. The first-order valence-corrected chi connectivity index (χ1v) is 16.0. The normalized spacial score (nSPS) is 27.3. The Kier molecular flexibility index (Phi) is 10.7. The van der Waals surface area contributed by atoms with E-state index in [1.165, 1.54) is 11.8 Å². The molecule has 0 aliphatic carbocycles. The van der Waals surface area contributed by atoms with Crippen molar-refractivity contribution in [1.29, 1.82) is 0 Å². The Labute approximate surface area is 249 Å². The number of nitrogens with one attached hydrogen (secondary N) is 4. The van der Waals surface area contributed by atoms with Crippen molar-refractivity contribution >= 4 is 47.2 Å². The van der Waals surface area contributed by atoms with Crippen LogP contribution in [0.3, 0.4) is 0 Å². The molecule has 0 radical (unpaired) electrons. The lowest BCUT2D eigenvalue weighted by Crippen LogP contribution is -2.61. The summed E-state index contributed by atoms with van der Waals surface area (Å²) < 4.78 is -0.661. The Hall–Kier alpha value is -3.02. The third kappa shape index (κ3) is 8.27. The summed E-state index contributed by atoms with van der Waals surface area (Å²) in [6, 6.07) is 16.0. The van der Waals surface area contributed by atoms with E-state index in [1.54, 1.807) is 11.8 Å². The van der Waals surface area contributed by atoms with E-state index < -0.39 is 46.6 Å². The van der Waals surface area contributed by atoms with E-state index in [1.807, 2.05) is 74.5 Å². The number of amides is 4. The van der Waals surface area contributed by atoms with Gasteiger partial charge in [-0.3, -0.25) is 19.2 Å². The van der Waals surface area contributed by atoms with Gasteiger partial charge in [0.2, 0.25) is 23.6 Å². The SMILES string of the molecule is CC1(C)SCCSCC(NC(=O)[C@@H]2NCC[C@H]2c2ccccc2)C(=O)N[C@@H](Cc2ccccc2)C(=O)N[C@H]1C(N)=O. The number of carbonyl (C=O) groups excluding carboxylic acids is 4. The molecule has 2 heterocycles. The molecule has 4 rings (SSSR count). The molecule has 0 bridgehead atoms. The molecule has 0 aromatic heterocycles. The molecule has 2 fully saturated rings. The van der Waals surface area contributed by atoms with Gasteiger partial charge in [0.15, 0.2) is 0 Å². The number of carbonyl (C=O) groups is 4. The van der Waals surface area contributed by atoms with Crippen molar-refractivity contribution in [1.82, 2.24) is 21.3 Å². The van der Waals surface area contributed by atoms with Crippen LogP contribution in [0.5, 0.6) is 0 Å². The van der Waals surface area contributed by atoms with Crippen molar-refractivity contribution in [2.24, 2.45) is 5.73 Å². The van der Waals surface area contributed by atoms with E-state index in [9.17, 15) is 19.2 Å². The number of hydrogen-bond donors (Lipinski definition) is 5. The van der Waals surface area contributed by atoms with E-state index in [0.29, 0.717) is 23.8 Å². The van der Waals surface area contributed by atoms with E-state index >= 15 is 0 Å². The van der Waals surface area contributed by atoms with Gasteiger partial charge in [0.05, 0.1) is 6.04 Å². The Bertz CT molecular complexity index is 1210. The minimum atomic E-state index is -0.973. The zero-order chi connectivity index (χ0) is 29.4. The third-order valence-corrected chi connectivity index (χ3v) is 10.2. The van der Waals surface area contributed by atoms with Gasteiger partial charge in [-0.2, -0.15) is 23.5 Å². The van der Waals surface area contributed by atoms with Gasteiger partial charge >= 0.3 is 0 Å². The first-order valence-electron chi connectivity index (χ1n) is 13.9. The zero-order valence-corrected chi connectivity index (χ0v) is 25.1. The summed E-state index contributed by atoms with van der Waals surface area (Å²) in [7, 11) is 0. The van der Waals surface area contributed by atoms with Crippen LogP contribution in [0.2, 0.25) is 0 Å². The maximum atomic E-state index is 13.7. The van der Waals surface area contributed by atoms with Crippen LogP contribution in [-0.2, 0) is 25.6 Å². The quantitative estimate of drug-likeness (QED) is 0.340. The van der Waals surface area contributed by atoms with Gasteiger partial charge in [-0.05, 0) is 37.9 Å². The van der Waals surface area contributed by atoms with Crippen LogP contribution in [0.15, 0.2) is 60.7 Å². The fourth-order valence-electron chi connectivity index (χ4n) is 5.29. The molecule has 2 aromatic carbocycles. The number of rotatable bonds is 6. The van der Waals surface area contributed by atoms with Gasteiger partial charge in [0, 0.05) is 34.3 Å². The summed E-state index contributed by atoms with van der Waals surface area (Å²) in [5.74, 6) is -0.110. The van der Waals surface area contributed by atoms with Crippen LogP contribution >= 0.6 is 23.5 Å². The highest BCUT2D eigenvalue weighted by Crippen LogP contribution is 2.30. The van der Waals surface area contributed by atoms with Crippen LogP contribution in [0.1, 0.15) is 37.3 Å². The summed E-state index contributed by atoms with van der Waals surface area (Å²) >= 11 is 3.09. The molecule has 6 N–H and O–H groups in total. The van der Waals surface area contributed by atoms with Crippen molar-refractivity contribution in [3.05, 3.63) is 71.8 Å². The molecule has 2 aliphatic heterocycles. The second kappa shape index (κ2) is 14.2. The number of benzene rings is 2. The van der Waals surface area contributed by atoms with Crippen molar-refractivity contribution in [3.63, 3.8) is 0 Å². The van der Waals surface area contributed by atoms with Crippen molar-refractivity contribution in [3.8, 4) is 0 Å². The first kappa shape index (κ1) is 30.9. The lowest BCUT2D eigenvalue weighted by molar-refractivity contribution is -0.133. The number of nitrogens with two attached hydrogens (primary N) is 1. The van der Waals surface area contributed by atoms with Crippen molar-refractivity contribution in [2.45, 2.75) is 61.5 Å². The van der Waals surface area contributed by atoms with E-state index in [0.717, 1.165) is 17.5 Å². The highest BCUT2D eigenvalue weighted by Gasteiger charge is 2.39. The Morgan fingerprint density at radius 1 is 0.976 bits per heavy atom. The molecular weight excluding hydrogens is 558 g/mol. The Morgan fingerprint density at radius 3 is 2.34 bits per heavy atom. The molecule has 5 atom stereocenters. The molecule has 9 nitrogen and oxygen atoms in total. The highest BCUT2D eigenvalue weighted by atomic mass is 32.2. The fourth-order valence-corrected chi connectivity index (χ4v) is 7.60. The zero-order valence-electron chi connectivity index (χ0n) is 23.4. The van der Waals surface area contributed by atoms with Gasteiger partial charge < -0.3 is 27.0 Å². The molecule has 11 heteroatoms. The monoisotopic (exact) mass is 597 g/mol. The summed E-state index contributed by atoms with van der Waals surface area (Å²) in [6.07, 6.45) is 1.03. The maximum absolute atomic E-state index is 13.7. The molecule has 2 aliphatic rings. The topological polar surface area (TPSA) is 142 Å². The lowest BCUT2D eigenvalue weighted by atomic mass is 9.91. The smallest absolute Gasteiger partial charge is 0.244 e. The summed E-state index contributed by atoms with van der Waals surface area (Å²) in [5.41, 5.74) is 7.64. The summed E-state index contributed by atoms with van der Waals surface area (Å²) in [4.78, 5) is 53.2. The van der Waals surface area contributed by atoms with Gasteiger partial charge in [-0.25, -0.2) is 0 Å². The predicted molar refractivity (Wildman–Crippen MR) is 165 cm³/mol. The molecule has 1 unspecified atom stereocenters. The molecule has 0 spiro atoms. The highest BCUT2D eigenvalue weighted by molar-refractivity contribution is 8.03. The van der Waals surface area contributed by atoms with Gasteiger partial charge in [0.25, 0.3) is 0 Å². The molecule has 220 valence electrons. The molecule has 4 amide bonds. The largest absolute Gasteiger partial charge is 0.368 e. The van der Waals surface area contributed by atoms with E-state index in [4.69, 9.17) is 5.73 Å². The molecule has 2 saturated heterocycles. The van der Waals surface area contributed by atoms with Crippen LogP contribution in [0.25, 0.3) is 0 Å². The second-order valence-electron chi connectivity index (χ2n) is 10.9. The average molecular weight is 598 g/mol. The lowest BCUT2D eigenvalue weighted by Gasteiger charge is -2.33. The van der Waals surface area contributed by atoms with Gasteiger partial charge in [0.1, 0.15) is 18.1 Å². The number of hydrogen-bond acceptors (Lipinski definition) is 7. The third-order valence-electron chi connectivity index (χ3n) is 7.53. The van der Waals surface area contributed by atoms with Crippen LogP contribution in [0, 0.1) is 0 Å². The second-order valence-corrected chi connectivity index (χ2v) is 13.8. The number of primary amides is 1. The van der Waals surface area contributed by atoms with Crippen LogP contribution < -0.4 is 27.0 Å². The predicted octanol–water partition coefficient (Wildman–Crippen LogP) is 1.57. The van der Waals surface area contributed by atoms with Crippen LogP contribution in [-0.4, -0.2) is 76.3 Å². The fraction of sp³-hybridized carbons (Fsp3) is 0.467. The molecular formula is C30H39N5O4S2. The molecule has 41 heavy (non-hydrogen) atoms. The van der Waals surface area contributed by atoms with E-state index in [-0.39, 0.29) is 18.2 Å². The van der Waals surface area contributed by atoms with E-state index in [2.05, 4.69) is 21.3 Å². The minimum Gasteiger partial charge on any atom is -0.368 e. The van der Waals surface area contributed by atoms with Crippen molar-refractivity contribution < 1.29 is 19.2 Å². The first-order chi connectivity index (χ1) is 19.7.